The van der Waals surface area contributed by atoms with Crippen LogP contribution in [0.3, 0.4) is 0 Å². The Morgan fingerprint density at radius 3 is 2.48 bits per heavy atom. The number of amides is 1. The van der Waals surface area contributed by atoms with E-state index in [-0.39, 0.29) is 29.9 Å². The van der Waals surface area contributed by atoms with E-state index in [1.807, 2.05) is 36.9 Å². The van der Waals surface area contributed by atoms with Crippen molar-refractivity contribution in [2.24, 2.45) is 4.99 Å². The van der Waals surface area contributed by atoms with E-state index in [9.17, 15) is 4.79 Å². The second-order valence-electron chi connectivity index (χ2n) is 6.53. The van der Waals surface area contributed by atoms with Gasteiger partial charge < -0.3 is 25.0 Å². The summed E-state index contributed by atoms with van der Waals surface area (Å²) in [6, 6.07) is 5.74. The van der Waals surface area contributed by atoms with Crippen molar-refractivity contribution in [1.82, 2.24) is 15.1 Å². The normalized spacial score (nSPS) is 14.8. The molecule has 1 amide bonds. The zero-order chi connectivity index (χ0) is 20.4. The Morgan fingerprint density at radius 2 is 1.90 bits per heavy atom. The van der Waals surface area contributed by atoms with Gasteiger partial charge in [0, 0.05) is 57.9 Å². The summed E-state index contributed by atoms with van der Waals surface area (Å²) >= 11 is 0. The van der Waals surface area contributed by atoms with Crippen LogP contribution < -0.4 is 20.1 Å². The summed E-state index contributed by atoms with van der Waals surface area (Å²) in [5.41, 5.74) is 0.884. The summed E-state index contributed by atoms with van der Waals surface area (Å²) in [6.07, 6.45) is 0. The minimum atomic E-state index is 0. The van der Waals surface area contributed by atoms with Gasteiger partial charge in [-0.2, -0.15) is 0 Å². The topological polar surface area (TPSA) is 78.4 Å². The molecule has 0 aromatic heterocycles. The molecule has 0 bridgehead atoms. The van der Waals surface area contributed by atoms with Gasteiger partial charge in [0.1, 0.15) is 0 Å². The highest BCUT2D eigenvalue weighted by molar-refractivity contribution is 14.0. The zero-order valence-corrected chi connectivity index (χ0v) is 20.2. The molecule has 0 spiro atoms. The molecule has 1 aliphatic heterocycles. The number of carbonyl (C=O) groups excluding carboxylic acids is 1. The molecule has 1 fully saturated rings. The Morgan fingerprint density at radius 1 is 1.17 bits per heavy atom. The molecular formula is C20H34IN5O3. The number of ether oxygens (including phenoxy) is 2. The fourth-order valence-electron chi connectivity index (χ4n) is 3.05. The maximum atomic E-state index is 11.4. The van der Waals surface area contributed by atoms with E-state index in [1.54, 1.807) is 14.0 Å². The highest BCUT2D eigenvalue weighted by Gasteiger charge is 2.17. The molecule has 1 aromatic carbocycles. The number of guanidine groups is 1. The third-order valence-corrected chi connectivity index (χ3v) is 4.57. The van der Waals surface area contributed by atoms with Gasteiger partial charge in [0.2, 0.25) is 5.91 Å². The molecule has 0 unspecified atom stereocenters. The summed E-state index contributed by atoms with van der Waals surface area (Å²) in [6.45, 7) is 11.9. The lowest BCUT2D eigenvalue weighted by Gasteiger charge is -2.33. The van der Waals surface area contributed by atoms with Crippen LogP contribution in [0.2, 0.25) is 0 Å². The van der Waals surface area contributed by atoms with E-state index in [0.717, 1.165) is 56.7 Å². The highest BCUT2D eigenvalue weighted by atomic mass is 127. The number of hydrogen-bond donors (Lipinski definition) is 2. The van der Waals surface area contributed by atoms with Crippen LogP contribution in [0.25, 0.3) is 0 Å². The number of nitrogens with one attached hydrogen (secondary N) is 2. The first kappa shape index (κ1) is 25.3. The van der Waals surface area contributed by atoms with E-state index < -0.39 is 0 Å². The maximum absolute atomic E-state index is 11.4. The first-order valence-corrected chi connectivity index (χ1v) is 9.91. The number of aliphatic imine (C=N–C) groups is 1. The molecule has 29 heavy (non-hydrogen) atoms. The van der Waals surface area contributed by atoms with E-state index >= 15 is 0 Å². The monoisotopic (exact) mass is 519 g/mol. The SMILES string of the molecule is CCNC(=NCCN1CCN(C(C)=O)CC1)Nc1ccc(OCC)c(OC)c1.I. The van der Waals surface area contributed by atoms with Crippen LogP contribution >= 0.6 is 24.0 Å². The number of methoxy groups -OCH3 is 1. The van der Waals surface area contributed by atoms with Gasteiger partial charge in [-0.05, 0) is 26.0 Å². The minimum absolute atomic E-state index is 0. The molecule has 1 aromatic rings. The third kappa shape index (κ3) is 8.25. The van der Waals surface area contributed by atoms with E-state index in [4.69, 9.17) is 9.47 Å². The van der Waals surface area contributed by atoms with Gasteiger partial charge in [0.15, 0.2) is 17.5 Å². The molecule has 2 N–H and O–H groups in total. The van der Waals surface area contributed by atoms with Crippen molar-refractivity contribution in [2.75, 3.05) is 64.8 Å². The second-order valence-corrected chi connectivity index (χ2v) is 6.53. The lowest BCUT2D eigenvalue weighted by Crippen LogP contribution is -2.48. The van der Waals surface area contributed by atoms with E-state index in [2.05, 4.69) is 20.5 Å². The molecule has 0 aliphatic carbocycles. The predicted molar refractivity (Wildman–Crippen MR) is 128 cm³/mol. The van der Waals surface area contributed by atoms with Gasteiger partial charge >= 0.3 is 0 Å². The number of benzene rings is 1. The number of halogens is 1. The predicted octanol–water partition coefficient (Wildman–Crippen LogP) is 2.25. The molecule has 0 saturated carbocycles. The quantitative estimate of drug-likeness (QED) is 0.312. The first-order valence-electron chi connectivity index (χ1n) is 9.91. The fraction of sp³-hybridized carbons (Fsp3) is 0.600. The fourth-order valence-corrected chi connectivity index (χ4v) is 3.05. The molecule has 1 saturated heterocycles. The van der Waals surface area contributed by atoms with Crippen LogP contribution in [-0.2, 0) is 4.79 Å². The summed E-state index contributed by atoms with van der Waals surface area (Å²) in [5, 5.41) is 6.58. The largest absolute Gasteiger partial charge is 0.493 e. The number of hydrogen-bond acceptors (Lipinski definition) is 5. The van der Waals surface area contributed by atoms with Crippen molar-refractivity contribution >= 4 is 41.5 Å². The van der Waals surface area contributed by atoms with Crippen LogP contribution in [0.5, 0.6) is 11.5 Å². The molecule has 164 valence electrons. The average Bonchev–Trinajstić information content (AvgIpc) is 2.69. The zero-order valence-electron chi connectivity index (χ0n) is 17.9. The van der Waals surface area contributed by atoms with Gasteiger partial charge in [-0.1, -0.05) is 0 Å². The van der Waals surface area contributed by atoms with E-state index in [0.29, 0.717) is 18.9 Å². The molecular weight excluding hydrogens is 485 g/mol. The Labute approximate surface area is 191 Å². The summed E-state index contributed by atoms with van der Waals surface area (Å²) in [5.74, 6) is 2.30. The maximum Gasteiger partial charge on any atom is 0.219 e. The molecule has 8 nitrogen and oxygen atoms in total. The number of nitrogens with zero attached hydrogens (tertiary/aromatic N) is 3. The Bertz CT molecular complexity index is 664. The standard InChI is InChI=1S/C20H33N5O3.HI/c1-5-21-20(22-9-10-24-11-13-25(14-12-24)16(3)26)23-17-7-8-18(28-6-2)19(15-17)27-4;/h7-8,15H,5-6,9-14H2,1-4H3,(H2,21,22,23);1H. The van der Waals surface area contributed by atoms with Crippen LogP contribution in [0.4, 0.5) is 5.69 Å². The summed E-state index contributed by atoms with van der Waals surface area (Å²) in [7, 11) is 1.63. The summed E-state index contributed by atoms with van der Waals surface area (Å²) in [4.78, 5) is 20.3. The Balaban J connectivity index is 0.00000420. The van der Waals surface area contributed by atoms with Gasteiger partial charge in [0.25, 0.3) is 0 Å². The summed E-state index contributed by atoms with van der Waals surface area (Å²) < 4.78 is 11.0. The van der Waals surface area contributed by atoms with Crippen LogP contribution in [0.1, 0.15) is 20.8 Å². The van der Waals surface area contributed by atoms with Crippen molar-refractivity contribution in [3.63, 3.8) is 0 Å². The number of rotatable bonds is 8. The molecule has 9 heteroatoms. The first-order chi connectivity index (χ1) is 13.6. The van der Waals surface area contributed by atoms with Gasteiger partial charge in [-0.15, -0.1) is 24.0 Å². The average molecular weight is 519 g/mol. The number of anilines is 1. The Hall–Kier alpha value is -1.75. The van der Waals surface area contributed by atoms with Crippen molar-refractivity contribution in [1.29, 1.82) is 0 Å². The van der Waals surface area contributed by atoms with Crippen molar-refractivity contribution < 1.29 is 14.3 Å². The lowest BCUT2D eigenvalue weighted by atomic mass is 10.2. The molecule has 0 atom stereocenters. The molecule has 1 heterocycles. The number of carbonyl (C=O) groups is 1. The van der Waals surface area contributed by atoms with Crippen LogP contribution in [-0.4, -0.2) is 81.2 Å². The third-order valence-electron chi connectivity index (χ3n) is 4.57. The number of piperazine rings is 1. The molecule has 1 aliphatic rings. The molecule has 0 radical (unpaired) electrons. The van der Waals surface area contributed by atoms with Crippen molar-refractivity contribution in [2.45, 2.75) is 20.8 Å². The van der Waals surface area contributed by atoms with Crippen LogP contribution in [0, 0.1) is 0 Å². The second kappa shape index (κ2) is 13.5. The lowest BCUT2D eigenvalue weighted by molar-refractivity contribution is -0.130. The van der Waals surface area contributed by atoms with E-state index in [1.165, 1.54) is 0 Å². The van der Waals surface area contributed by atoms with Crippen molar-refractivity contribution in [3.8, 4) is 11.5 Å². The van der Waals surface area contributed by atoms with Gasteiger partial charge in [-0.3, -0.25) is 14.7 Å². The van der Waals surface area contributed by atoms with Crippen LogP contribution in [0.15, 0.2) is 23.2 Å². The van der Waals surface area contributed by atoms with Crippen molar-refractivity contribution in [3.05, 3.63) is 18.2 Å². The van der Waals surface area contributed by atoms with Gasteiger partial charge in [-0.25, -0.2) is 0 Å². The minimum Gasteiger partial charge on any atom is -0.493 e. The Kier molecular flexibility index (Phi) is 11.7. The van der Waals surface area contributed by atoms with Gasteiger partial charge in [0.05, 0.1) is 20.3 Å². The smallest absolute Gasteiger partial charge is 0.219 e. The molecule has 2 rings (SSSR count). The highest BCUT2D eigenvalue weighted by Crippen LogP contribution is 2.30.